The molecule has 1 aromatic carbocycles. The normalized spacial score (nSPS) is 9.77. The molecule has 0 aliphatic rings. The van der Waals surface area contributed by atoms with Gasteiger partial charge in [0.2, 0.25) is 0 Å². The maximum atomic E-state index is 13.3. The molecule has 1 aromatic rings. The minimum Gasteiger partial charge on any atom is -0.465 e. The summed E-state index contributed by atoms with van der Waals surface area (Å²) in [5.74, 6) is -1.43. The highest BCUT2D eigenvalue weighted by Crippen LogP contribution is 2.25. The quantitative estimate of drug-likeness (QED) is 0.610. The average molecular weight is 248 g/mol. The summed E-state index contributed by atoms with van der Waals surface area (Å²) in [7, 11) is 1.19. The summed E-state index contributed by atoms with van der Waals surface area (Å²) in [6.45, 7) is 0. The zero-order valence-electron chi connectivity index (χ0n) is 6.80. The number of esters is 1. The number of nitrogen functional groups attached to an aromatic ring is 1. The highest BCUT2D eigenvalue weighted by Gasteiger charge is 2.15. The minimum atomic E-state index is -0.724. The Morgan fingerprint density at radius 3 is 2.77 bits per heavy atom. The summed E-state index contributed by atoms with van der Waals surface area (Å²) in [5, 5.41) is 0. The van der Waals surface area contributed by atoms with E-state index in [0.717, 1.165) is 0 Å². The Labute approximate surface area is 82.8 Å². The van der Waals surface area contributed by atoms with Gasteiger partial charge in [-0.25, -0.2) is 9.18 Å². The lowest BCUT2D eigenvalue weighted by Gasteiger charge is -2.04. The molecule has 0 amide bonds. The van der Waals surface area contributed by atoms with Crippen molar-refractivity contribution < 1.29 is 13.9 Å². The van der Waals surface area contributed by atoms with Gasteiger partial charge in [-0.1, -0.05) is 0 Å². The van der Waals surface area contributed by atoms with Crippen LogP contribution in [0.1, 0.15) is 10.4 Å². The third-order valence-electron chi connectivity index (χ3n) is 1.52. The van der Waals surface area contributed by atoms with E-state index in [9.17, 15) is 9.18 Å². The molecule has 0 atom stereocenters. The lowest BCUT2D eigenvalue weighted by Crippen LogP contribution is -2.05. The number of methoxy groups -OCH3 is 1. The van der Waals surface area contributed by atoms with Gasteiger partial charge in [0.25, 0.3) is 0 Å². The number of ether oxygens (including phenoxy) is 1. The molecule has 1 rings (SSSR count). The maximum Gasteiger partial charge on any atom is 0.340 e. The summed E-state index contributed by atoms with van der Waals surface area (Å²) < 4.78 is 17.7. The van der Waals surface area contributed by atoms with Crippen LogP contribution < -0.4 is 5.73 Å². The van der Waals surface area contributed by atoms with Crippen LogP contribution in [-0.4, -0.2) is 13.1 Å². The van der Waals surface area contributed by atoms with Crippen molar-refractivity contribution in [3.63, 3.8) is 0 Å². The number of halogens is 2. The van der Waals surface area contributed by atoms with Gasteiger partial charge >= 0.3 is 5.97 Å². The first-order valence-corrected chi connectivity index (χ1v) is 4.19. The zero-order chi connectivity index (χ0) is 10.0. The van der Waals surface area contributed by atoms with E-state index in [-0.39, 0.29) is 15.7 Å². The smallest absolute Gasteiger partial charge is 0.340 e. The minimum absolute atomic E-state index is 0.0791. The number of carbonyl (C=O) groups excluding carboxylic acids is 1. The van der Waals surface area contributed by atoms with Crippen molar-refractivity contribution in [2.45, 2.75) is 0 Å². The van der Waals surface area contributed by atoms with Crippen LogP contribution in [0.2, 0.25) is 0 Å². The van der Waals surface area contributed by atoms with E-state index in [1.165, 1.54) is 19.2 Å². The van der Waals surface area contributed by atoms with Crippen LogP contribution in [0.25, 0.3) is 0 Å². The standard InChI is InChI=1S/C8H7BrFNO2/c1-13-8(12)4-2-3-5(11)6(9)7(4)10/h2-3H,11H2,1H3. The second kappa shape index (κ2) is 3.74. The van der Waals surface area contributed by atoms with Gasteiger partial charge in [0.05, 0.1) is 17.1 Å². The molecule has 0 bridgehead atoms. The van der Waals surface area contributed by atoms with Crippen LogP contribution in [0.3, 0.4) is 0 Å². The van der Waals surface area contributed by atoms with Crippen LogP contribution in [0, 0.1) is 5.82 Å². The molecular weight excluding hydrogens is 241 g/mol. The van der Waals surface area contributed by atoms with E-state index in [0.29, 0.717) is 0 Å². The second-order valence-corrected chi connectivity index (χ2v) is 3.11. The Hall–Kier alpha value is -1.10. The number of benzene rings is 1. The van der Waals surface area contributed by atoms with Crippen molar-refractivity contribution in [1.29, 1.82) is 0 Å². The van der Waals surface area contributed by atoms with Gasteiger partial charge in [0.15, 0.2) is 5.82 Å². The number of anilines is 1. The molecule has 0 unspecified atom stereocenters. The highest BCUT2D eigenvalue weighted by molar-refractivity contribution is 9.10. The van der Waals surface area contributed by atoms with Crippen LogP contribution in [-0.2, 0) is 4.74 Å². The predicted molar refractivity (Wildman–Crippen MR) is 49.9 cm³/mol. The lowest BCUT2D eigenvalue weighted by molar-refractivity contribution is 0.0595. The molecular formula is C8H7BrFNO2. The summed E-state index contributed by atoms with van der Waals surface area (Å²) in [5.41, 5.74) is 5.50. The number of hydrogen-bond donors (Lipinski definition) is 1. The van der Waals surface area contributed by atoms with Gasteiger partial charge < -0.3 is 10.5 Å². The molecule has 2 N–H and O–H groups in total. The van der Waals surface area contributed by atoms with Gasteiger partial charge in [0.1, 0.15) is 0 Å². The highest BCUT2D eigenvalue weighted by atomic mass is 79.9. The van der Waals surface area contributed by atoms with Gasteiger partial charge in [-0.15, -0.1) is 0 Å². The molecule has 0 aliphatic carbocycles. The molecule has 0 saturated carbocycles. The topological polar surface area (TPSA) is 52.3 Å². The third kappa shape index (κ3) is 1.80. The largest absolute Gasteiger partial charge is 0.465 e. The van der Waals surface area contributed by atoms with E-state index in [1.54, 1.807) is 0 Å². The number of hydrogen-bond acceptors (Lipinski definition) is 3. The molecule has 0 saturated heterocycles. The summed E-state index contributed by atoms with van der Waals surface area (Å²) in [6, 6.07) is 2.71. The van der Waals surface area contributed by atoms with E-state index in [1.807, 2.05) is 0 Å². The van der Waals surface area contributed by atoms with Gasteiger partial charge in [-0.05, 0) is 28.1 Å². The molecule has 5 heteroatoms. The third-order valence-corrected chi connectivity index (χ3v) is 2.32. The van der Waals surface area contributed by atoms with Gasteiger partial charge in [-0.2, -0.15) is 0 Å². The summed E-state index contributed by atoms with van der Waals surface area (Å²) in [4.78, 5) is 11.0. The van der Waals surface area contributed by atoms with Crippen molar-refractivity contribution in [3.05, 3.63) is 28.0 Å². The summed E-state index contributed by atoms with van der Waals surface area (Å²) >= 11 is 2.92. The number of rotatable bonds is 1. The van der Waals surface area contributed by atoms with Gasteiger partial charge in [-0.3, -0.25) is 0 Å². The fourth-order valence-corrected chi connectivity index (χ4v) is 1.18. The Morgan fingerprint density at radius 1 is 1.62 bits per heavy atom. The van der Waals surface area contributed by atoms with Crippen molar-refractivity contribution in [2.75, 3.05) is 12.8 Å². The first-order valence-electron chi connectivity index (χ1n) is 3.39. The second-order valence-electron chi connectivity index (χ2n) is 2.32. The van der Waals surface area contributed by atoms with Crippen LogP contribution in [0.4, 0.5) is 10.1 Å². The Balaban J connectivity index is 3.26. The summed E-state index contributed by atoms with van der Waals surface area (Å²) in [6.07, 6.45) is 0. The average Bonchev–Trinajstić information content (AvgIpc) is 2.13. The Bertz CT molecular complexity index is 354. The fraction of sp³-hybridized carbons (Fsp3) is 0.125. The SMILES string of the molecule is COC(=O)c1ccc(N)c(Br)c1F. The predicted octanol–water partition coefficient (Wildman–Crippen LogP) is 1.96. The maximum absolute atomic E-state index is 13.3. The van der Waals surface area contributed by atoms with E-state index < -0.39 is 11.8 Å². The molecule has 3 nitrogen and oxygen atoms in total. The molecule has 0 fully saturated rings. The van der Waals surface area contributed by atoms with Crippen LogP contribution >= 0.6 is 15.9 Å². The van der Waals surface area contributed by atoms with Gasteiger partial charge in [0, 0.05) is 5.69 Å². The van der Waals surface area contributed by atoms with E-state index in [4.69, 9.17) is 5.73 Å². The molecule has 13 heavy (non-hydrogen) atoms. The van der Waals surface area contributed by atoms with Crippen molar-refractivity contribution in [1.82, 2.24) is 0 Å². The van der Waals surface area contributed by atoms with E-state index in [2.05, 4.69) is 20.7 Å². The molecule has 0 heterocycles. The fourth-order valence-electron chi connectivity index (χ4n) is 0.832. The molecule has 0 aromatic heterocycles. The van der Waals surface area contributed by atoms with Crippen molar-refractivity contribution >= 4 is 27.6 Å². The van der Waals surface area contributed by atoms with Crippen molar-refractivity contribution in [3.8, 4) is 0 Å². The molecule has 70 valence electrons. The van der Waals surface area contributed by atoms with Crippen LogP contribution in [0.5, 0.6) is 0 Å². The first kappa shape index (κ1) is 9.98. The molecule has 0 aliphatic heterocycles. The number of nitrogens with two attached hydrogens (primary N) is 1. The van der Waals surface area contributed by atoms with E-state index >= 15 is 0 Å². The lowest BCUT2D eigenvalue weighted by atomic mass is 10.2. The first-order chi connectivity index (χ1) is 6.07. The number of carbonyl (C=O) groups is 1. The molecule has 0 radical (unpaired) electrons. The van der Waals surface area contributed by atoms with Crippen LogP contribution in [0.15, 0.2) is 16.6 Å². The monoisotopic (exact) mass is 247 g/mol. The Morgan fingerprint density at radius 2 is 2.23 bits per heavy atom. The zero-order valence-corrected chi connectivity index (χ0v) is 8.39. The molecule has 0 spiro atoms. The van der Waals surface area contributed by atoms with Crippen molar-refractivity contribution in [2.24, 2.45) is 0 Å². The Kier molecular flexibility index (Phi) is 2.87.